The molecule has 0 spiro atoms. The van der Waals surface area contributed by atoms with Crippen LogP contribution in [0.4, 0.5) is 0 Å². The molecule has 1 unspecified atom stereocenters. The predicted molar refractivity (Wildman–Crippen MR) is 72.9 cm³/mol. The van der Waals surface area contributed by atoms with Gasteiger partial charge >= 0.3 is 0 Å². The van der Waals surface area contributed by atoms with E-state index in [4.69, 9.17) is 11.6 Å². The molecule has 0 aromatic carbocycles. The van der Waals surface area contributed by atoms with Crippen molar-refractivity contribution in [3.8, 4) is 0 Å². The van der Waals surface area contributed by atoms with Crippen LogP contribution in [0.3, 0.4) is 0 Å². The summed E-state index contributed by atoms with van der Waals surface area (Å²) in [5.74, 6) is -0.0489. The summed E-state index contributed by atoms with van der Waals surface area (Å²) >= 11 is 5.95. The second-order valence-electron chi connectivity index (χ2n) is 5.64. The van der Waals surface area contributed by atoms with Crippen molar-refractivity contribution < 1.29 is 4.79 Å². The highest BCUT2D eigenvalue weighted by atomic mass is 35.5. The van der Waals surface area contributed by atoms with Gasteiger partial charge in [0, 0.05) is 17.3 Å². The predicted octanol–water partition coefficient (Wildman–Crippen LogP) is 3.22. The maximum atomic E-state index is 12.1. The van der Waals surface area contributed by atoms with Gasteiger partial charge in [-0.25, -0.2) is 4.98 Å². The lowest BCUT2D eigenvalue weighted by Gasteiger charge is -2.08. The first-order valence-corrected chi connectivity index (χ1v) is 6.77. The monoisotopic (exact) mass is 266 g/mol. The molecule has 1 aromatic rings. The number of halogens is 1. The van der Waals surface area contributed by atoms with Crippen LogP contribution in [0.1, 0.15) is 49.7 Å². The number of carbonyl (C=O) groups is 1. The SMILES string of the molecule is CCCc1cc(C(=O)NC2CC2(C)C)cc(Cl)n1. The molecule has 0 aliphatic heterocycles. The molecule has 2 rings (SSSR count). The smallest absolute Gasteiger partial charge is 0.251 e. The topological polar surface area (TPSA) is 42.0 Å². The summed E-state index contributed by atoms with van der Waals surface area (Å²) in [6, 6.07) is 3.75. The highest BCUT2D eigenvalue weighted by Crippen LogP contribution is 2.44. The number of nitrogens with one attached hydrogen (secondary N) is 1. The summed E-state index contributed by atoms with van der Waals surface area (Å²) < 4.78 is 0. The number of hydrogen-bond donors (Lipinski definition) is 1. The number of amides is 1. The van der Waals surface area contributed by atoms with Crippen molar-refractivity contribution in [2.24, 2.45) is 5.41 Å². The van der Waals surface area contributed by atoms with Crippen molar-refractivity contribution >= 4 is 17.5 Å². The van der Waals surface area contributed by atoms with Gasteiger partial charge in [0.25, 0.3) is 5.91 Å². The number of aryl methyl sites for hydroxylation is 1. The summed E-state index contributed by atoms with van der Waals surface area (Å²) in [5.41, 5.74) is 1.73. The van der Waals surface area contributed by atoms with Gasteiger partial charge in [-0.3, -0.25) is 4.79 Å². The van der Waals surface area contributed by atoms with E-state index in [1.165, 1.54) is 0 Å². The summed E-state index contributed by atoms with van der Waals surface area (Å²) in [7, 11) is 0. The molecule has 18 heavy (non-hydrogen) atoms. The number of nitrogens with zero attached hydrogens (tertiary/aromatic N) is 1. The lowest BCUT2D eigenvalue weighted by Crippen LogP contribution is -2.28. The zero-order chi connectivity index (χ0) is 13.3. The van der Waals surface area contributed by atoms with Crippen molar-refractivity contribution in [1.82, 2.24) is 10.3 Å². The van der Waals surface area contributed by atoms with Crippen LogP contribution in [0.5, 0.6) is 0 Å². The molecule has 0 bridgehead atoms. The minimum absolute atomic E-state index is 0.0489. The van der Waals surface area contributed by atoms with Crippen molar-refractivity contribution in [1.29, 1.82) is 0 Å². The molecule has 1 aliphatic rings. The minimum Gasteiger partial charge on any atom is -0.349 e. The van der Waals surface area contributed by atoms with E-state index >= 15 is 0 Å². The van der Waals surface area contributed by atoms with E-state index in [1.807, 2.05) is 6.07 Å². The maximum Gasteiger partial charge on any atom is 0.251 e. The Labute approximate surface area is 113 Å². The van der Waals surface area contributed by atoms with E-state index in [2.05, 4.69) is 31.1 Å². The molecule has 0 radical (unpaired) electrons. The maximum absolute atomic E-state index is 12.1. The molecular formula is C14H19ClN2O. The Morgan fingerprint density at radius 2 is 2.22 bits per heavy atom. The van der Waals surface area contributed by atoms with Crippen LogP contribution >= 0.6 is 11.6 Å². The molecule has 1 saturated carbocycles. The molecule has 4 heteroatoms. The van der Waals surface area contributed by atoms with Crippen molar-refractivity contribution in [3.05, 3.63) is 28.5 Å². The van der Waals surface area contributed by atoms with Crippen LogP contribution in [0, 0.1) is 5.41 Å². The van der Waals surface area contributed by atoms with E-state index in [0.29, 0.717) is 10.7 Å². The molecule has 1 atom stereocenters. The summed E-state index contributed by atoms with van der Waals surface area (Å²) in [5, 5.41) is 3.42. The summed E-state index contributed by atoms with van der Waals surface area (Å²) in [4.78, 5) is 16.3. The quantitative estimate of drug-likeness (QED) is 0.851. The van der Waals surface area contributed by atoms with Crippen molar-refractivity contribution in [2.45, 2.75) is 46.1 Å². The Morgan fingerprint density at radius 3 is 2.78 bits per heavy atom. The van der Waals surface area contributed by atoms with Gasteiger partial charge in [0.2, 0.25) is 0 Å². The normalized spacial score (nSPS) is 20.6. The molecule has 1 aromatic heterocycles. The minimum atomic E-state index is -0.0489. The van der Waals surface area contributed by atoms with Crippen LogP contribution in [-0.4, -0.2) is 16.9 Å². The van der Waals surface area contributed by atoms with Gasteiger partial charge in [0.05, 0.1) is 0 Å². The fraction of sp³-hybridized carbons (Fsp3) is 0.571. The molecule has 1 heterocycles. The average molecular weight is 267 g/mol. The van der Waals surface area contributed by atoms with Crippen LogP contribution in [0.25, 0.3) is 0 Å². The Bertz CT molecular complexity index is 471. The molecule has 3 nitrogen and oxygen atoms in total. The van der Waals surface area contributed by atoms with E-state index in [-0.39, 0.29) is 17.4 Å². The van der Waals surface area contributed by atoms with Gasteiger partial charge in [-0.2, -0.15) is 0 Å². The van der Waals surface area contributed by atoms with E-state index in [9.17, 15) is 4.79 Å². The van der Waals surface area contributed by atoms with Gasteiger partial charge < -0.3 is 5.32 Å². The third kappa shape index (κ3) is 3.02. The van der Waals surface area contributed by atoms with Crippen molar-refractivity contribution in [2.75, 3.05) is 0 Å². The second kappa shape index (κ2) is 4.88. The number of carbonyl (C=O) groups excluding carboxylic acids is 1. The Balaban J connectivity index is 2.10. The van der Waals surface area contributed by atoms with Gasteiger partial charge in [0.15, 0.2) is 0 Å². The lowest BCUT2D eigenvalue weighted by atomic mass is 10.1. The molecule has 1 fully saturated rings. The molecule has 1 aliphatic carbocycles. The number of rotatable bonds is 4. The number of hydrogen-bond acceptors (Lipinski definition) is 2. The Kier molecular flexibility index (Phi) is 3.62. The second-order valence-corrected chi connectivity index (χ2v) is 6.03. The first-order chi connectivity index (χ1) is 8.42. The van der Waals surface area contributed by atoms with Crippen LogP contribution in [0.15, 0.2) is 12.1 Å². The third-order valence-corrected chi connectivity index (χ3v) is 3.63. The zero-order valence-corrected chi connectivity index (χ0v) is 11.8. The Morgan fingerprint density at radius 1 is 1.56 bits per heavy atom. The fourth-order valence-electron chi connectivity index (χ4n) is 2.02. The van der Waals surface area contributed by atoms with Gasteiger partial charge in [-0.15, -0.1) is 0 Å². The van der Waals surface area contributed by atoms with E-state index in [0.717, 1.165) is 25.0 Å². The number of pyridine rings is 1. The molecule has 1 N–H and O–H groups in total. The van der Waals surface area contributed by atoms with E-state index < -0.39 is 0 Å². The largest absolute Gasteiger partial charge is 0.349 e. The van der Waals surface area contributed by atoms with E-state index in [1.54, 1.807) is 6.07 Å². The summed E-state index contributed by atoms with van der Waals surface area (Å²) in [6.45, 7) is 6.38. The van der Waals surface area contributed by atoms with Crippen LogP contribution in [0.2, 0.25) is 5.15 Å². The van der Waals surface area contributed by atoms with Crippen LogP contribution < -0.4 is 5.32 Å². The highest BCUT2D eigenvalue weighted by molar-refractivity contribution is 6.29. The highest BCUT2D eigenvalue weighted by Gasteiger charge is 2.46. The molecular weight excluding hydrogens is 248 g/mol. The van der Waals surface area contributed by atoms with Crippen LogP contribution in [-0.2, 0) is 6.42 Å². The molecule has 98 valence electrons. The first kappa shape index (κ1) is 13.3. The molecule has 0 saturated heterocycles. The van der Waals surface area contributed by atoms with Gasteiger partial charge in [-0.1, -0.05) is 38.8 Å². The lowest BCUT2D eigenvalue weighted by molar-refractivity contribution is 0.0946. The Hall–Kier alpha value is -1.09. The standard InChI is InChI=1S/C14H19ClN2O/c1-4-5-10-6-9(7-12(15)16-10)13(18)17-11-8-14(11,2)3/h6-7,11H,4-5,8H2,1-3H3,(H,17,18). The third-order valence-electron chi connectivity index (χ3n) is 3.43. The van der Waals surface area contributed by atoms with Gasteiger partial charge in [0.1, 0.15) is 5.15 Å². The van der Waals surface area contributed by atoms with Crippen molar-refractivity contribution in [3.63, 3.8) is 0 Å². The first-order valence-electron chi connectivity index (χ1n) is 6.39. The average Bonchev–Trinajstić information content (AvgIpc) is 2.85. The zero-order valence-electron chi connectivity index (χ0n) is 11.1. The summed E-state index contributed by atoms with van der Waals surface area (Å²) in [6.07, 6.45) is 2.87. The molecule has 1 amide bonds. The number of aromatic nitrogens is 1. The van der Waals surface area contributed by atoms with Gasteiger partial charge in [-0.05, 0) is 30.4 Å². The fourth-order valence-corrected chi connectivity index (χ4v) is 2.25.